The number of nitrogens with one attached hydrogen (secondary N) is 2. The quantitative estimate of drug-likeness (QED) is 0.750. The highest BCUT2D eigenvalue weighted by atomic mass is 16.2. The molecule has 2 N–H and O–H groups in total. The van der Waals surface area contributed by atoms with E-state index in [1.165, 1.54) is 4.90 Å². The van der Waals surface area contributed by atoms with Crippen LogP contribution in [0.5, 0.6) is 0 Å². The Morgan fingerprint density at radius 1 is 1.15 bits per heavy atom. The number of fused-ring (bicyclic) bond motifs is 1. The average Bonchev–Trinajstić information content (AvgIpc) is 3.00. The minimum Gasteiger partial charge on any atom is -0.334 e. The van der Waals surface area contributed by atoms with Crippen LogP contribution in [0.2, 0.25) is 0 Å². The van der Waals surface area contributed by atoms with Crippen molar-refractivity contribution in [3.63, 3.8) is 0 Å². The van der Waals surface area contributed by atoms with Crippen molar-refractivity contribution < 1.29 is 14.4 Å². The second-order valence-corrected chi connectivity index (χ2v) is 5.12. The van der Waals surface area contributed by atoms with Crippen LogP contribution in [0.3, 0.4) is 0 Å². The van der Waals surface area contributed by atoms with Gasteiger partial charge >= 0.3 is 6.03 Å². The van der Waals surface area contributed by atoms with Gasteiger partial charge in [0.25, 0.3) is 0 Å². The summed E-state index contributed by atoms with van der Waals surface area (Å²) in [7, 11) is 0. The normalized spacial score (nSPS) is 24.5. The second kappa shape index (κ2) is 4.96. The predicted octanol–water partition coefficient (Wildman–Crippen LogP) is 0.101. The number of carbonyl (C=O) groups is 3. The molecule has 6 heteroatoms. The topological polar surface area (TPSA) is 78.5 Å². The van der Waals surface area contributed by atoms with E-state index < -0.39 is 0 Å². The predicted molar refractivity (Wildman–Crippen MR) is 70.4 cm³/mol. The first-order valence-electron chi connectivity index (χ1n) is 6.56. The maximum absolute atomic E-state index is 12.0. The summed E-state index contributed by atoms with van der Waals surface area (Å²) >= 11 is 0. The van der Waals surface area contributed by atoms with Crippen molar-refractivity contribution in [1.82, 2.24) is 15.5 Å². The van der Waals surface area contributed by atoms with Gasteiger partial charge in [-0.2, -0.15) is 0 Å². The maximum Gasteiger partial charge on any atom is 0.317 e. The van der Waals surface area contributed by atoms with Gasteiger partial charge in [-0.25, -0.2) is 4.79 Å². The van der Waals surface area contributed by atoms with Gasteiger partial charge in [-0.15, -0.1) is 0 Å². The zero-order valence-electron chi connectivity index (χ0n) is 10.8. The SMILES string of the molecule is O=C1NC(=O)[C@@H]2CN(C(=O)NCc3ccccc3)C[C@H]12. The molecule has 1 aromatic rings. The van der Waals surface area contributed by atoms with Gasteiger partial charge in [0.05, 0.1) is 11.8 Å². The Hall–Kier alpha value is -2.37. The lowest BCUT2D eigenvalue weighted by Crippen LogP contribution is -2.41. The summed E-state index contributed by atoms with van der Waals surface area (Å²) in [5.41, 5.74) is 1.01. The Balaban J connectivity index is 1.57. The Morgan fingerprint density at radius 3 is 2.35 bits per heavy atom. The molecule has 20 heavy (non-hydrogen) atoms. The van der Waals surface area contributed by atoms with Crippen LogP contribution in [0.4, 0.5) is 4.79 Å². The van der Waals surface area contributed by atoms with E-state index in [1.807, 2.05) is 30.3 Å². The van der Waals surface area contributed by atoms with Gasteiger partial charge in [-0.05, 0) is 5.56 Å². The molecular formula is C14H15N3O3. The number of imide groups is 1. The summed E-state index contributed by atoms with van der Waals surface area (Å²) in [4.78, 5) is 36.6. The molecule has 0 aliphatic carbocycles. The van der Waals surface area contributed by atoms with E-state index in [0.717, 1.165) is 5.56 Å². The van der Waals surface area contributed by atoms with Crippen LogP contribution in [-0.4, -0.2) is 35.8 Å². The van der Waals surface area contributed by atoms with Crippen LogP contribution in [0.25, 0.3) is 0 Å². The first kappa shape index (κ1) is 12.7. The highest BCUT2D eigenvalue weighted by Gasteiger charge is 2.48. The highest BCUT2D eigenvalue weighted by Crippen LogP contribution is 2.28. The minimum atomic E-state index is -0.384. The van der Waals surface area contributed by atoms with Crippen LogP contribution in [-0.2, 0) is 16.1 Å². The van der Waals surface area contributed by atoms with Crippen LogP contribution in [0.1, 0.15) is 5.56 Å². The van der Waals surface area contributed by atoms with Crippen molar-refractivity contribution in [3.8, 4) is 0 Å². The molecule has 3 rings (SSSR count). The standard InChI is InChI=1S/C14H15N3O3/c18-12-10-7-17(8-11(10)13(19)16-12)14(20)15-6-9-4-2-1-3-5-9/h1-5,10-11H,6-8H2,(H,15,20)(H,16,18,19)/t10-,11+. The molecule has 0 spiro atoms. The molecule has 4 amide bonds. The molecule has 2 aliphatic heterocycles. The Kier molecular flexibility index (Phi) is 3.14. The first-order valence-corrected chi connectivity index (χ1v) is 6.56. The molecule has 0 aromatic heterocycles. The van der Waals surface area contributed by atoms with Crippen LogP contribution in [0.15, 0.2) is 30.3 Å². The van der Waals surface area contributed by atoms with Crippen molar-refractivity contribution in [3.05, 3.63) is 35.9 Å². The van der Waals surface area contributed by atoms with Crippen molar-refractivity contribution in [2.24, 2.45) is 11.8 Å². The summed E-state index contributed by atoms with van der Waals surface area (Å²) in [6.45, 7) is 1.05. The van der Waals surface area contributed by atoms with Gasteiger partial charge < -0.3 is 10.2 Å². The third-order valence-electron chi connectivity index (χ3n) is 3.81. The first-order chi connectivity index (χ1) is 9.65. The van der Waals surface area contributed by atoms with E-state index in [9.17, 15) is 14.4 Å². The second-order valence-electron chi connectivity index (χ2n) is 5.12. The summed E-state index contributed by atoms with van der Waals surface area (Å²) < 4.78 is 0. The smallest absolute Gasteiger partial charge is 0.317 e. The molecule has 2 fully saturated rings. The molecule has 104 valence electrons. The lowest BCUT2D eigenvalue weighted by atomic mass is 10.00. The Labute approximate surface area is 116 Å². The van der Waals surface area contributed by atoms with Crippen molar-refractivity contribution in [1.29, 1.82) is 0 Å². The maximum atomic E-state index is 12.0. The largest absolute Gasteiger partial charge is 0.334 e. The van der Waals surface area contributed by atoms with E-state index in [0.29, 0.717) is 19.6 Å². The number of hydrogen-bond donors (Lipinski definition) is 2. The Bertz CT molecular complexity index is 536. The molecule has 2 saturated heterocycles. The summed E-state index contributed by atoms with van der Waals surface area (Å²) in [6.07, 6.45) is 0. The molecule has 0 unspecified atom stereocenters. The summed E-state index contributed by atoms with van der Waals surface area (Å²) in [5, 5.41) is 5.10. The van der Waals surface area contributed by atoms with Gasteiger partial charge in [0.15, 0.2) is 0 Å². The van der Waals surface area contributed by atoms with Crippen LogP contribution < -0.4 is 10.6 Å². The molecule has 0 saturated carbocycles. The van der Waals surface area contributed by atoms with Gasteiger partial charge in [0.2, 0.25) is 11.8 Å². The number of likely N-dealkylation sites (tertiary alicyclic amines) is 1. The summed E-state index contributed by atoms with van der Waals surface area (Å²) in [5.74, 6) is -1.30. The van der Waals surface area contributed by atoms with E-state index in [1.54, 1.807) is 0 Å². The molecule has 0 radical (unpaired) electrons. The zero-order chi connectivity index (χ0) is 14.1. The minimum absolute atomic E-state index is 0.233. The number of hydrogen-bond acceptors (Lipinski definition) is 3. The van der Waals surface area contributed by atoms with E-state index >= 15 is 0 Å². The van der Waals surface area contributed by atoms with Gasteiger partial charge in [0, 0.05) is 19.6 Å². The van der Waals surface area contributed by atoms with Gasteiger partial charge in [-0.3, -0.25) is 14.9 Å². The number of rotatable bonds is 2. The Morgan fingerprint density at radius 2 is 1.75 bits per heavy atom. The summed E-state index contributed by atoms with van der Waals surface area (Å²) in [6, 6.07) is 9.35. The average molecular weight is 273 g/mol. The fraction of sp³-hybridized carbons (Fsp3) is 0.357. The number of urea groups is 1. The van der Waals surface area contributed by atoms with E-state index in [-0.39, 0.29) is 29.7 Å². The molecular weight excluding hydrogens is 258 g/mol. The molecule has 2 aliphatic rings. The molecule has 2 atom stereocenters. The van der Waals surface area contributed by atoms with Crippen molar-refractivity contribution in [2.75, 3.05) is 13.1 Å². The van der Waals surface area contributed by atoms with Crippen molar-refractivity contribution >= 4 is 17.8 Å². The third-order valence-corrected chi connectivity index (χ3v) is 3.81. The monoisotopic (exact) mass is 273 g/mol. The van der Waals surface area contributed by atoms with Crippen molar-refractivity contribution in [2.45, 2.75) is 6.54 Å². The van der Waals surface area contributed by atoms with E-state index in [2.05, 4.69) is 10.6 Å². The number of benzene rings is 1. The fourth-order valence-electron chi connectivity index (χ4n) is 2.69. The number of carbonyl (C=O) groups excluding carboxylic acids is 3. The van der Waals surface area contributed by atoms with E-state index in [4.69, 9.17) is 0 Å². The lowest BCUT2D eigenvalue weighted by Gasteiger charge is -2.17. The highest BCUT2D eigenvalue weighted by molar-refractivity contribution is 6.06. The fourth-order valence-corrected chi connectivity index (χ4v) is 2.69. The van der Waals surface area contributed by atoms with Gasteiger partial charge in [-0.1, -0.05) is 30.3 Å². The third kappa shape index (κ3) is 2.24. The van der Waals surface area contributed by atoms with Crippen LogP contribution >= 0.6 is 0 Å². The van der Waals surface area contributed by atoms with Gasteiger partial charge in [0.1, 0.15) is 0 Å². The number of amides is 4. The molecule has 0 bridgehead atoms. The molecule has 1 aromatic carbocycles. The number of nitrogens with zero attached hydrogens (tertiary/aromatic N) is 1. The zero-order valence-corrected chi connectivity index (χ0v) is 10.8. The molecule has 2 heterocycles. The van der Waals surface area contributed by atoms with Crippen LogP contribution in [0, 0.1) is 11.8 Å². The molecule has 6 nitrogen and oxygen atoms in total. The lowest BCUT2D eigenvalue weighted by molar-refractivity contribution is -0.126.